The fourth-order valence-corrected chi connectivity index (χ4v) is 1.18. The summed E-state index contributed by atoms with van der Waals surface area (Å²) in [6.45, 7) is 6.46. The maximum absolute atomic E-state index is 11.5. The molecule has 0 aliphatic rings. The molecule has 1 amide bonds. The highest BCUT2D eigenvalue weighted by Crippen LogP contribution is 2.04. The number of hydrogen-bond acceptors (Lipinski definition) is 2. The predicted octanol–water partition coefficient (Wildman–Crippen LogP) is 1.46. The van der Waals surface area contributed by atoms with Gasteiger partial charge in [0.25, 0.3) is 0 Å². The quantitative estimate of drug-likeness (QED) is 0.661. The minimum Gasteiger partial charge on any atom is -0.393 e. The minimum absolute atomic E-state index is 0.0720. The number of nitrogens with two attached hydrogens (primary N) is 1. The van der Waals surface area contributed by atoms with E-state index in [0.717, 1.165) is 12.8 Å². The van der Waals surface area contributed by atoms with Gasteiger partial charge in [0.2, 0.25) is 5.91 Å². The third-order valence-corrected chi connectivity index (χ3v) is 2.64. The molecule has 4 heteroatoms. The molecule has 0 fully saturated rings. The van der Waals surface area contributed by atoms with E-state index < -0.39 is 0 Å². The van der Waals surface area contributed by atoms with Crippen molar-refractivity contribution in [1.29, 1.82) is 0 Å². The lowest BCUT2D eigenvalue weighted by Gasteiger charge is -2.14. The molecular formula is C10H20N2OS. The van der Waals surface area contributed by atoms with E-state index in [1.807, 2.05) is 13.8 Å². The number of carbonyl (C=O) groups is 1. The lowest BCUT2D eigenvalue weighted by Crippen LogP contribution is -2.36. The van der Waals surface area contributed by atoms with E-state index in [9.17, 15) is 4.79 Å². The summed E-state index contributed by atoms with van der Waals surface area (Å²) in [6, 6.07) is 0. The highest BCUT2D eigenvalue weighted by Gasteiger charge is 2.13. The summed E-state index contributed by atoms with van der Waals surface area (Å²) in [6.07, 6.45) is 1.95. The molecule has 0 aliphatic heterocycles. The van der Waals surface area contributed by atoms with Crippen LogP contribution in [0, 0.1) is 11.8 Å². The number of carbonyl (C=O) groups excluding carboxylic acids is 1. The Bertz CT molecular complexity index is 206. The Labute approximate surface area is 91.4 Å². The van der Waals surface area contributed by atoms with Crippen LogP contribution in [0.25, 0.3) is 0 Å². The second-order valence-corrected chi connectivity index (χ2v) is 4.21. The Morgan fingerprint density at radius 2 is 2.00 bits per heavy atom. The molecule has 0 spiro atoms. The fourth-order valence-electron chi connectivity index (χ4n) is 1.09. The number of hydrogen-bond donors (Lipinski definition) is 2. The van der Waals surface area contributed by atoms with Crippen molar-refractivity contribution in [3.8, 4) is 0 Å². The van der Waals surface area contributed by atoms with Gasteiger partial charge < -0.3 is 11.1 Å². The van der Waals surface area contributed by atoms with Crippen molar-refractivity contribution in [1.82, 2.24) is 5.32 Å². The highest BCUT2D eigenvalue weighted by molar-refractivity contribution is 7.80. The fraction of sp³-hybridized carbons (Fsp3) is 0.800. The van der Waals surface area contributed by atoms with Gasteiger partial charge in [-0.25, -0.2) is 0 Å². The van der Waals surface area contributed by atoms with Crippen LogP contribution in [-0.4, -0.2) is 17.4 Å². The Balaban J connectivity index is 3.78. The second kappa shape index (κ2) is 6.76. The van der Waals surface area contributed by atoms with Crippen molar-refractivity contribution in [2.75, 3.05) is 6.54 Å². The van der Waals surface area contributed by atoms with Gasteiger partial charge in [-0.2, -0.15) is 0 Å². The molecule has 2 atom stereocenters. The lowest BCUT2D eigenvalue weighted by molar-refractivity contribution is -0.124. The first-order chi connectivity index (χ1) is 6.49. The Hall–Kier alpha value is -0.640. The molecule has 0 aliphatic carbocycles. The third-order valence-electron chi connectivity index (χ3n) is 2.24. The largest absolute Gasteiger partial charge is 0.393 e. The zero-order valence-corrected chi connectivity index (χ0v) is 9.99. The molecule has 0 aromatic carbocycles. The summed E-state index contributed by atoms with van der Waals surface area (Å²) in [5, 5.41) is 2.84. The van der Waals surface area contributed by atoms with Crippen LogP contribution in [0.3, 0.4) is 0 Å². The monoisotopic (exact) mass is 216 g/mol. The van der Waals surface area contributed by atoms with Crippen molar-refractivity contribution < 1.29 is 4.79 Å². The van der Waals surface area contributed by atoms with Crippen LogP contribution >= 0.6 is 12.2 Å². The molecule has 3 nitrogen and oxygen atoms in total. The summed E-state index contributed by atoms with van der Waals surface area (Å²) in [5.74, 6) is 0.247. The first kappa shape index (κ1) is 13.4. The van der Waals surface area contributed by atoms with Gasteiger partial charge in [0.1, 0.15) is 0 Å². The van der Waals surface area contributed by atoms with E-state index in [0.29, 0.717) is 11.5 Å². The topological polar surface area (TPSA) is 55.1 Å². The number of nitrogens with one attached hydrogen (secondary N) is 1. The standard InChI is InChI=1S/C10H20N2OS/c1-4-5-7(2)10(13)12-6-8(3)9(11)14/h7-8H,4-6H2,1-3H3,(H2,11,14)(H,12,13). The summed E-state index contributed by atoms with van der Waals surface area (Å²) in [4.78, 5) is 11.9. The molecule has 82 valence electrons. The van der Waals surface area contributed by atoms with Crippen molar-refractivity contribution in [3.05, 3.63) is 0 Å². The number of rotatable bonds is 6. The number of amides is 1. The van der Waals surface area contributed by atoms with Gasteiger partial charge in [-0.05, 0) is 6.42 Å². The Morgan fingerprint density at radius 3 is 2.43 bits per heavy atom. The van der Waals surface area contributed by atoms with Gasteiger partial charge in [-0.3, -0.25) is 4.79 Å². The molecule has 0 radical (unpaired) electrons. The van der Waals surface area contributed by atoms with Crippen LogP contribution < -0.4 is 11.1 Å². The molecule has 2 unspecified atom stereocenters. The molecular weight excluding hydrogens is 196 g/mol. The van der Waals surface area contributed by atoms with Crippen molar-refractivity contribution in [2.45, 2.75) is 33.6 Å². The smallest absolute Gasteiger partial charge is 0.222 e. The van der Waals surface area contributed by atoms with Gasteiger partial charge in [-0.1, -0.05) is 39.4 Å². The molecule has 0 rings (SSSR count). The number of thiocarbonyl (C=S) groups is 1. The van der Waals surface area contributed by atoms with E-state index in [1.54, 1.807) is 0 Å². The summed E-state index contributed by atoms with van der Waals surface area (Å²) in [5.41, 5.74) is 5.44. The molecule has 14 heavy (non-hydrogen) atoms. The average Bonchev–Trinajstić information content (AvgIpc) is 2.13. The van der Waals surface area contributed by atoms with E-state index in [4.69, 9.17) is 18.0 Å². The first-order valence-electron chi connectivity index (χ1n) is 5.06. The Morgan fingerprint density at radius 1 is 1.43 bits per heavy atom. The summed E-state index contributed by atoms with van der Waals surface area (Å²) >= 11 is 4.81. The normalized spacial score (nSPS) is 14.5. The first-order valence-corrected chi connectivity index (χ1v) is 5.46. The van der Waals surface area contributed by atoms with Gasteiger partial charge >= 0.3 is 0 Å². The van der Waals surface area contributed by atoms with Crippen molar-refractivity contribution in [3.63, 3.8) is 0 Å². The molecule has 0 aromatic rings. The van der Waals surface area contributed by atoms with Crippen molar-refractivity contribution >= 4 is 23.1 Å². The van der Waals surface area contributed by atoms with Gasteiger partial charge in [-0.15, -0.1) is 0 Å². The Kier molecular flexibility index (Phi) is 6.45. The minimum atomic E-state index is 0.0720. The van der Waals surface area contributed by atoms with Crippen LogP contribution in [0.2, 0.25) is 0 Å². The van der Waals surface area contributed by atoms with Crippen LogP contribution in [0.1, 0.15) is 33.6 Å². The predicted molar refractivity (Wildman–Crippen MR) is 63.0 cm³/mol. The maximum Gasteiger partial charge on any atom is 0.222 e. The van der Waals surface area contributed by atoms with E-state index >= 15 is 0 Å². The highest BCUT2D eigenvalue weighted by atomic mass is 32.1. The van der Waals surface area contributed by atoms with E-state index in [-0.39, 0.29) is 17.7 Å². The van der Waals surface area contributed by atoms with Crippen LogP contribution in [0.15, 0.2) is 0 Å². The maximum atomic E-state index is 11.5. The van der Waals surface area contributed by atoms with Gasteiger partial charge in [0.15, 0.2) is 0 Å². The molecule has 3 N–H and O–H groups in total. The molecule has 0 heterocycles. The van der Waals surface area contributed by atoms with E-state index in [1.165, 1.54) is 0 Å². The summed E-state index contributed by atoms with van der Waals surface area (Å²) in [7, 11) is 0. The van der Waals surface area contributed by atoms with Crippen LogP contribution in [0.4, 0.5) is 0 Å². The zero-order chi connectivity index (χ0) is 11.1. The molecule has 0 saturated heterocycles. The zero-order valence-electron chi connectivity index (χ0n) is 9.17. The van der Waals surface area contributed by atoms with Gasteiger partial charge in [0.05, 0.1) is 4.99 Å². The molecule has 0 aromatic heterocycles. The van der Waals surface area contributed by atoms with Crippen molar-refractivity contribution in [2.24, 2.45) is 17.6 Å². The second-order valence-electron chi connectivity index (χ2n) is 3.74. The molecule has 0 bridgehead atoms. The molecule has 0 saturated carbocycles. The van der Waals surface area contributed by atoms with Gasteiger partial charge in [0, 0.05) is 18.4 Å². The average molecular weight is 216 g/mol. The third kappa shape index (κ3) is 5.17. The van der Waals surface area contributed by atoms with E-state index in [2.05, 4.69) is 12.2 Å². The van der Waals surface area contributed by atoms with Crippen LogP contribution in [0.5, 0.6) is 0 Å². The lowest BCUT2D eigenvalue weighted by atomic mass is 10.1. The SMILES string of the molecule is CCCC(C)C(=O)NCC(C)C(N)=S. The van der Waals surface area contributed by atoms with Crippen LogP contribution in [-0.2, 0) is 4.79 Å². The summed E-state index contributed by atoms with van der Waals surface area (Å²) < 4.78 is 0.